The average molecular weight is 279 g/mol. The molecule has 0 saturated carbocycles. The maximum absolute atomic E-state index is 11.7. The van der Waals surface area contributed by atoms with Gasteiger partial charge in [-0.05, 0) is 38.1 Å². The van der Waals surface area contributed by atoms with E-state index in [0.29, 0.717) is 5.69 Å². The minimum absolute atomic E-state index is 0.386. The van der Waals surface area contributed by atoms with E-state index in [9.17, 15) is 9.59 Å². The average Bonchev–Trinajstić information content (AvgIpc) is 2.41. The molecule has 1 aromatic rings. The third-order valence-corrected chi connectivity index (χ3v) is 2.99. The van der Waals surface area contributed by atoms with Crippen LogP contribution in [-0.2, 0) is 9.59 Å². The highest BCUT2D eigenvalue weighted by Crippen LogP contribution is 2.17. The minimum atomic E-state index is -1.09. The molecule has 0 fully saturated rings. The van der Waals surface area contributed by atoms with E-state index in [0.717, 1.165) is 18.8 Å². The Labute approximate surface area is 118 Å². The van der Waals surface area contributed by atoms with Gasteiger partial charge in [0.25, 0.3) is 0 Å². The van der Waals surface area contributed by atoms with Gasteiger partial charge in [-0.2, -0.15) is 0 Å². The third kappa shape index (κ3) is 4.55. The summed E-state index contributed by atoms with van der Waals surface area (Å²) >= 11 is 0. The Morgan fingerprint density at radius 1 is 1.25 bits per heavy atom. The number of carboxylic acids is 1. The molecule has 1 atom stereocenters. The van der Waals surface area contributed by atoms with Crippen molar-refractivity contribution in [3.63, 3.8) is 0 Å². The monoisotopic (exact) mass is 279 g/mol. The molecule has 0 aromatic heterocycles. The standard InChI is InChI=1S/C14H21N3O3/c1-3-17(4-2)11-7-5-10(6-8-11)16-14(20)12(15)9-13(18)19/h5-8,12H,3-4,9,15H2,1-2H3,(H,16,20)(H,18,19). The van der Waals surface area contributed by atoms with Crippen LogP contribution in [0.2, 0.25) is 0 Å². The van der Waals surface area contributed by atoms with E-state index in [2.05, 4.69) is 24.1 Å². The van der Waals surface area contributed by atoms with Crippen molar-refractivity contribution >= 4 is 23.3 Å². The molecule has 6 nitrogen and oxygen atoms in total. The molecular formula is C14H21N3O3. The van der Waals surface area contributed by atoms with Crippen LogP contribution in [0.5, 0.6) is 0 Å². The number of hydrogen-bond donors (Lipinski definition) is 3. The van der Waals surface area contributed by atoms with Gasteiger partial charge in [-0.15, -0.1) is 0 Å². The number of aliphatic carboxylic acids is 1. The highest BCUT2D eigenvalue weighted by atomic mass is 16.4. The summed E-state index contributed by atoms with van der Waals surface area (Å²) in [5.41, 5.74) is 7.16. The molecule has 0 saturated heterocycles. The highest BCUT2D eigenvalue weighted by Gasteiger charge is 2.17. The zero-order valence-electron chi connectivity index (χ0n) is 11.8. The van der Waals surface area contributed by atoms with Crippen molar-refractivity contribution < 1.29 is 14.7 Å². The number of hydrogen-bond acceptors (Lipinski definition) is 4. The van der Waals surface area contributed by atoms with E-state index in [1.807, 2.05) is 12.1 Å². The predicted octanol–water partition coefficient (Wildman–Crippen LogP) is 1.27. The van der Waals surface area contributed by atoms with Crippen molar-refractivity contribution in [3.05, 3.63) is 24.3 Å². The van der Waals surface area contributed by atoms with Crippen LogP contribution in [0.1, 0.15) is 20.3 Å². The van der Waals surface area contributed by atoms with Crippen LogP contribution >= 0.6 is 0 Å². The van der Waals surface area contributed by atoms with Crippen molar-refractivity contribution in [3.8, 4) is 0 Å². The van der Waals surface area contributed by atoms with E-state index in [1.54, 1.807) is 12.1 Å². The molecule has 4 N–H and O–H groups in total. The Bertz CT molecular complexity index is 455. The number of anilines is 2. The molecule has 0 aliphatic carbocycles. The lowest BCUT2D eigenvalue weighted by atomic mass is 10.2. The zero-order chi connectivity index (χ0) is 15.1. The van der Waals surface area contributed by atoms with E-state index in [1.165, 1.54) is 0 Å². The SMILES string of the molecule is CCN(CC)c1ccc(NC(=O)C(N)CC(=O)O)cc1. The molecule has 0 radical (unpaired) electrons. The first-order chi connectivity index (χ1) is 9.47. The molecular weight excluding hydrogens is 258 g/mol. The van der Waals surface area contributed by atoms with Crippen LogP contribution in [0.15, 0.2) is 24.3 Å². The number of nitrogens with one attached hydrogen (secondary N) is 1. The van der Waals surface area contributed by atoms with Gasteiger partial charge in [-0.1, -0.05) is 0 Å². The summed E-state index contributed by atoms with van der Waals surface area (Å²) in [6, 6.07) is 6.32. The van der Waals surface area contributed by atoms with E-state index >= 15 is 0 Å². The molecule has 1 unspecified atom stereocenters. The van der Waals surface area contributed by atoms with E-state index in [-0.39, 0.29) is 6.42 Å². The Balaban J connectivity index is 2.65. The maximum atomic E-state index is 11.7. The quantitative estimate of drug-likeness (QED) is 0.698. The summed E-state index contributed by atoms with van der Waals surface area (Å²) in [4.78, 5) is 24.3. The Morgan fingerprint density at radius 3 is 2.25 bits per heavy atom. The van der Waals surface area contributed by atoms with Crippen molar-refractivity contribution in [1.29, 1.82) is 0 Å². The molecule has 0 bridgehead atoms. The van der Waals surface area contributed by atoms with E-state index < -0.39 is 17.9 Å². The summed E-state index contributed by atoms with van der Waals surface area (Å²) < 4.78 is 0. The first kappa shape index (κ1) is 16.0. The normalized spacial score (nSPS) is 11.8. The molecule has 0 spiro atoms. The van der Waals surface area contributed by atoms with Gasteiger partial charge in [0.05, 0.1) is 12.5 Å². The summed E-state index contributed by atoms with van der Waals surface area (Å²) in [6.45, 7) is 5.96. The second-order valence-electron chi connectivity index (χ2n) is 4.41. The van der Waals surface area contributed by atoms with Gasteiger partial charge in [0.1, 0.15) is 0 Å². The third-order valence-electron chi connectivity index (χ3n) is 2.99. The molecule has 110 valence electrons. The van der Waals surface area contributed by atoms with Crippen LogP contribution < -0.4 is 16.0 Å². The molecule has 0 heterocycles. The summed E-state index contributed by atoms with van der Waals surface area (Å²) in [7, 11) is 0. The summed E-state index contributed by atoms with van der Waals surface area (Å²) in [6.07, 6.45) is -0.386. The second-order valence-corrected chi connectivity index (χ2v) is 4.41. The Kier molecular flexibility index (Phi) is 5.99. The topological polar surface area (TPSA) is 95.7 Å². The fourth-order valence-electron chi connectivity index (χ4n) is 1.86. The van der Waals surface area contributed by atoms with Gasteiger partial charge in [-0.25, -0.2) is 0 Å². The Morgan fingerprint density at radius 2 is 1.80 bits per heavy atom. The number of nitrogens with two attached hydrogens (primary N) is 1. The van der Waals surface area contributed by atoms with Crippen molar-refractivity contribution in [2.75, 3.05) is 23.3 Å². The summed E-state index contributed by atoms with van der Waals surface area (Å²) in [5, 5.41) is 11.2. The van der Waals surface area contributed by atoms with Gasteiger partial charge in [-0.3, -0.25) is 9.59 Å². The molecule has 1 amide bonds. The number of amides is 1. The van der Waals surface area contributed by atoms with Crippen LogP contribution in [0.25, 0.3) is 0 Å². The highest BCUT2D eigenvalue weighted by molar-refractivity contribution is 5.96. The largest absolute Gasteiger partial charge is 0.481 e. The second kappa shape index (κ2) is 7.49. The number of rotatable bonds is 7. The fraction of sp³-hybridized carbons (Fsp3) is 0.429. The van der Waals surface area contributed by atoms with Crippen LogP contribution in [-0.4, -0.2) is 36.1 Å². The van der Waals surface area contributed by atoms with Crippen LogP contribution in [0, 0.1) is 0 Å². The number of benzene rings is 1. The maximum Gasteiger partial charge on any atom is 0.305 e. The number of carboxylic acid groups (broad SMARTS) is 1. The van der Waals surface area contributed by atoms with Gasteiger partial charge in [0, 0.05) is 24.5 Å². The van der Waals surface area contributed by atoms with Crippen LogP contribution in [0.4, 0.5) is 11.4 Å². The van der Waals surface area contributed by atoms with Crippen LogP contribution in [0.3, 0.4) is 0 Å². The molecule has 1 rings (SSSR count). The van der Waals surface area contributed by atoms with Crippen molar-refractivity contribution in [2.24, 2.45) is 5.73 Å². The number of nitrogens with zero attached hydrogens (tertiary/aromatic N) is 1. The lowest BCUT2D eigenvalue weighted by molar-refractivity contribution is -0.138. The summed E-state index contributed by atoms with van der Waals surface area (Å²) in [5.74, 6) is -1.59. The molecule has 6 heteroatoms. The van der Waals surface area contributed by atoms with Crippen molar-refractivity contribution in [2.45, 2.75) is 26.3 Å². The molecule has 1 aromatic carbocycles. The smallest absolute Gasteiger partial charge is 0.305 e. The molecule has 0 aliphatic rings. The molecule has 20 heavy (non-hydrogen) atoms. The van der Waals surface area contributed by atoms with Crippen molar-refractivity contribution in [1.82, 2.24) is 0 Å². The number of carbonyl (C=O) groups excluding carboxylic acids is 1. The first-order valence-electron chi connectivity index (χ1n) is 6.61. The first-order valence-corrected chi connectivity index (χ1v) is 6.61. The van der Waals surface area contributed by atoms with Gasteiger partial charge in [0.2, 0.25) is 5.91 Å². The minimum Gasteiger partial charge on any atom is -0.481 e. The molecule has 0 aliphatic heterocycles. The van der Waals surface area contributed by atoms with Gasteiger partial charge in [0.15, 0.2) is 0 Å². The fourth-order valence-corrected chi connectivity index (χ4v) is 1.86. The Hall–Kier alpha value is -2.08. The lowest BCUT2D eigenvalue weighted by Gasteiger charge is -2.21. The van der Waals surface area contributed by atoms with Gasteiger partial charge >= 0.3 is 5.97 Å². The zero-order valence-corrected chi connectivity index (χ0v) is 11.8. The lowest BCUT2D eigenvalue weighted by Crippen LogP contribution is -2.37. The number of carbonyl (C=O) groups is 2. The predicted molar refractivity (Wildman–Crippen MR) is 78.9 cm³/mol. The van der Waals surface area contributed by atoms with Gasteiger partial charge < -0.3 is 21.1 Å². The van der Waals surface area contributed by atoms with E-state index in [4.69, 9.17) is 10.8 Å².